The van der Waals surface area contributed by atoms with Crippen molar-refractivity contribution in [3.05, 3.63) is 33.8 Å². The van der Waals surface area contributed by atoms with E-state index in [1.54, 1.807) is 12.1 Å². The van der Waals surface area contributed by atoms with Crippen molar-refractivity contribution in [3.63, 3.8) is 0 Å². The zero-order valence-electron chi connectivity index (χ0n) is 11.0. The second kappa shape index (κ2) is 6.42. The maximum atomic E-state index is 9.71. The van der Waals surface area contributed by atoms with Crippen LogP contribution in [0.4, 0.5) is 0 Å². The second-order valence-corrected chi connectivity index (χ2v) is 5.97. The highest BCUT2D eigenvalue weighted by molar-refractivity contribution is 6.35. The highest BCUT2D eigenvalue weighted by Crippen LogP contribution is 2.30. The topological polar surface area (TPSA) is 41.5 Å². The molecule has 1 aliphatic heterocycles. The Morgan fingerprint density at radius 1 is 1.47 bits per heavy atom. The van der Waals surface area contributed by atoms with Gasteiger partial charge in [0.2, 0.25) is 0 Å². The standard InChI is InChI=1S/C14H19Cl2NO2/c1-14(9-18,17-8-11-3-2-6-19-11)12-5-4-10(15)7-13(12)16/h4-5,7,11,17-18H,2-3,6,8-9H2,1H3. The number of benzene rings is 1. The van der Waals surface area contributed by atoms with Crippen LogP contribution >= 0.6 is 23.2 Å². The molecule has 2 rings (SSSR count). The lowest BCUT2D eigenvalue weighted by atomic mass is 9.92. The zero-order valence-corrected chi connectivity index (χ0v) is 12.5. The molecule has 0 amide bonds. The number of hydrogen-bond donors (Lipinski definition) is 2. The second-order valence-electron chi connectivity index (χ2n) is 5.13. The zero-order chi connectivity index (χ0) is 13.9. The Kier molecular flexibility index (Phi) is 5.09. The minimum Gasteiger partial charge on any atom is -0.394 e. The molecule has 1 aliphatic rings. The van der Waals surface area contributed by atoms with Crippen molar-refractivity contribution in [2.45, 2.75) is 31.4 Å². The van der Waals surface area contributed by atoms with Gasteiger partial charge in [0.05, 0.1) is 18.2 Å². The van der Waals surface area contributed by atoms with E-state index in [4.69, 9.17) is 27.9 Å². The lowest BCUT2D eigenvalue weighted by Gasteiger charge is -2.31. The average Bonchev–Trinajstić information content (AvgIpc) is 2.89. The normalized spacial score (nSPS) is 22.4. The summed E-state index contributed by atoms with van der Waals surface area (Å²) in [6.07, 6.45) is 2.38. The van der Waals surface area contributed by atoms with Gasteiger partial charge in [0.25, 0.3) is 0 Å². The predicted molar refractivity (Wildman–Crippen MR) is 77.9 cm³/mol. The number of rotatable bonds is 5. The summed E-state index contributed by atoms with van der Waals surface area (Å²) >= 11 is 12.1. The summed E-state index contributed by atoms with van der Waals surface area (Å²) < 4.78 is 5.58. The van der Waals surface area contributed by atoms with Gasteiger partial charge in [-0.25, -0.2) is 0 Å². The molecule has 2 unspecified atom stereocenters. The van der Waals surface area contributed by atoms with E-state index in [1.165, 1.54) is 0 Å². The molecule has 0 radical (unpaired) electrons. The minimum atomic E-state index is -0.590. The smallest absolute Gasteiger partial charge is 0.0700 e. The molecule has 0 spiro atoms. The molecule has 1 aromatic carbocycles. The van der Waals surface area contributed by atoms with Crippen LogP contribution in [0.25, 0.3) is 0 Å². The quantitative estimate of drug-likeness (QED) is 0.879. The minimum absolute atomic E-state index is 0.0406. The third kappa shape index (κ3) is 3.61. The van der Waals surface area contributed by atoms with Gasteiger partial charge in [-0.2, -0.15) is 0 Å². The van der Waals surface area contributed by atoms with E-state index in [2.05, 4.69) is 5.32 Å². The van der Waals surface area contributed by atoms with Crippen molar-refractivity contribution in [2.24, 2.45) is 0 Å². The Balaban J connectivity index is 2.11. The molecule has 0 bridgehead atoms. The van der Waals surface area contributed by atoms with E-state index in [0.29, 0.717) is 16.6 Å². The molecule has 0 saturated carbocycles. The van der Waals surface area contributed by atoms with Gasteiger partial charge in [-0.3, -0.25) is 0 Å². The van der Waals surface area contributed by atoms with Crippen molar-refractivity contribution >= 4 is 23.2 Å². The predicted octanol–water partition coefficient (Wildman–Crippen LogP) is 2.97. The molecular formula is C14H19Cl2NO2. The van der Waals surface area contributed by atoms with Gasteiger partial charge in [-0.15, -0.1) is 0 Å². The van der Waals surface area contributed by atoms with Gasteiger partial charge in [0.15, 0.2) is 0 Å². The fourth-order valence-corrected chi connectivity index (χ4v) is 2.93. The summed E-state index contributed by atoms with van der Waals surface area (Å²) in [5.74, 6) is 0. The summed E-state index contributed by atoms with van der Waals surface area (Å²) in [7, 11) is 0. The van der Waals surface area contributed by atoms with Crippen molar-refractivity contribution in [3.8, 4) is 0 Å². The molecule has 19 heavy (non-hydrogen) atoms. The number of nitrogens with one attached hydrogen (secondary N) is 1. The lowest BCUT2D eigenvalue weighted by molar-refractivity contribution is 0.0910. The Bertz CT molecular complexity index is 435. The van der Waals surface area contributed by atoms with Crippen molar-refractivity contribution in [1.82, 2.24) is 5.32 Å². The SMILES string of the molecule is CC(CO)(NCC1CCCO1)c1ccc(Cl)cc1Cl. The lowest BCUT2D eigenvalue weighted by Crippen LogP contribution is -2.46. The largest absolute Gasteiger partial charge is 0.394 e. The monoisotopic (exact) mass is 303 g/mol. The molecule has 106 valence electrons. The van der Waals surface area contributed by atoms with Crippen molar-refractivity contribution in [1.29, 1.82) is 0 Å². The first-order valence-corrected chi connectivity index (χ1v) is 7.24. The fraction of sp³-hybridized carbons (Fsp3) is 0.571. The van der Waals surface area contributed by atoms with Crippen LogP contribution in [0.1, 0.15) is 25.3 Å². The summed E-state index contributed by atoms with van der Waals surface area (Å²) in [5, 5.41) is 14.2. The number of halogens is 2. The van der Waals surface area contributed by atoms with Gasteiger partial charge < -0.3 is 15.2 Å². The van der Waals surface area contributed by atoms with Crippen LogP contribution < -0.4 is 5.32 Å². The van der Waals surface area contributed by atoms with E-state index < -0.39 is 5.54 Å². The summed E-state index contributed by atoms with van der Waals surface area (Å²) in [5.41, 5.74) is 0.257. The van der Waals surface area contributed by atoms with E-state index in [-0.39, 0.29) is 12.7 Å². The molecule has 2 atom stereocenters. The summed E-state index contributed by atoms with van der Waals surface area (Å²) in [6.45, 7) is 3.41. The first-order valence-electron chi connectivity index (χ1n) is 6.48. The molecule has 1 aromatic rings. The highest BCUT2D eigenvalue weighted by atomic mass is 35.5. The average molecular weight is 304 g/mol. The third-order valence-corrected chi connectivity index (χ3v) is 4.13. The molecule has 2 N–H and O–H groups in total. The van der Waals surface area contributed by atoms with Crippen LogP contribution in [-0.2, 0) is 10.3 Å². The van der Waals surface area contributed by atoms with Gasteiger partial charge >= 0.3 is 0 Å². The molecule has 3 nitrogen and oxygen atoms in total. The van der Waals surface area contributed by atoms with Crippen LogP contribution in [0.3, 0.4) is 0 Å². The van der Waals surface area contributed by atoms with Crippen LogP contribution in [0, 0.1) is 0 Å². The van der Waals surface area contributed by atoms with Gasteiger partial charge in [0.1, 0.15) is 0 Å². The number of ether oxygens (including phenoxy) is 1. The van der Waals surface area contributed by atoms with Gasteiger partial charge in [-0.05, 0) is 37.5 Å². The molecule has 0 aliphatic carbocycles. The molecule has 1 heterocycles. The van der Waals surface area contributed by atoms with Crippen LogP contribution in [0.15, 0.2) is 18.2 Å². The van der Waals surface area contributed by atoms with E-state index in [0.717, 1.165) is 25.0 Å². The van der Waals surface area contributed by atoms with Crippen molar-refractivity contribution < 1.29 is 9.84 Å². The Hall–Kier alpha value is -0.320. The van der Waals surface area contributed by atoms with Gasteiger partial charge in [0, 0.05) is 23.2 Å². The maximum Gasteiger partial charge on any atom is 0.0700 e. The van der Waals surface area contributed by atoms with Crippen LogP contribution in [0.2, 0.25) is 10.0 Å². The van der Waals surface area contributed by atoms with E-state index >= 15 is 0 Å². The third-order valence-electron chi connectivity index (χ3n) is 3.59. The first-order chi connectivity index (χ1) is 9.05. The van der Waals surface area contributed by atoms with Crippen LogP contribution in [0.5, 0.6) is 0 Å². The number of aliphatic hydroxyl groups excluding tert-OH is 1. The Labute approximate surface area is 123 Å². The maximum absolute atomic E-state index is 9.71. The van der Waals surface area contributed by atoms with E-state index in [9.17, 15) is 5.11 Å². The highest BCUT2D eigenvalue weighted by Gasteiger charge is 2.29. The fourth-order valence-electron chi connectivity index (χ4n) is 2.32. The number of aliphatic hydroxyl groups is 1. The Morgan fingerprint density at radius 3 is 2.84 bits per heavy atom. The Morgan fingerprint density at radius 2 is 2.26 bits per heavy atom. The first kappa shape index (κ1) is 15.1. The van der Waals surface area contributed by atoms with Crippen LogP contribution in [-0.4, -0.2) is 31.0 Å². The summed E-state index contributed by atoms with van der Waals surface area (Å²) in [4.78, 5) is 0. The molecule has 1 saturated heterocycles. The van der Waals surface area contributed by atoms with E-state index in [1.807, 2.05) is 13.0 Å². The molecule has 0 aromatic heterocycles. The number of hydrogen-bond acceptors (Lipinski definition) is 3. The van der Waals surface area contributed by atoms with Crippen molar-refractivity contribution in [2.75, 3.05) is 19.8 Å². The molecule has 1 fully saturated rings. The summed E-state index contributed by atoms with van der Waals surface area (Å²) in [6, 6.07) is 5.33. The molecular weight excluding hydrogens is 285 g/mol. The molecule has 5 heteroatoms. The van der Waals surface area contributed by atoms with Gasteiger partial charge in [-0.1, -0.05) is 29.3 Å².